The Morgan fingerprint density at radius 1 is 1.23 bits per heavy atom. The van der Waals surface area contributed by atoms with Crippen LogP contribution >= 0.6 is 23.4 Å². The van der Waals surface area contributed by atoms with E-state index in [0.29, 0.717) is 40.1 Å². The van der Waals surface area contributed by atoms with Gasteiger partial charge in [-0.25, -0.2) is 0 Å². The van der Waals surface area contributed by atoms with Crippen LogP contribution in [-0.4, -0.2) is 27.9 Å². The highest BCUT2D eigenvalue weighted by Crippen LogP contribution is 2.20. The SMILES string of the molecule is O=C(CCSc1nnc(COc2ccc(Cl)cc2)o1)NC1CCCCC1. The van der Waals surface area contributed by atoms with Crippen LogP contribution in [-0.2, 0) is 11.4 Å². The summed E-state index contributed by atoms with van der Waals surface area (Å²) in [6.07, 6.45) is 6.34. The number of halogens is 1. The quantitative estimate of drug-likeness (QED) is 0.674. The number of rotatable bonds is 8. The number of hydrogen-bond acceptors (Lipinski definition) is 6. The average molecular weight is 396 g/mol. The number of ether oxygens (including phenoxy) is 1. The Bertz CT molecular complexity index is 702. The third-order valence-electron chi connectivity index (χ3n) is 4.15. The minimum atomic E-state index is 0.0928. The number of nitrogens with zero attached hydrogens (tertiary/aromatic N) is 2. The van der Waals surface area contributed by atoms with E-state index in [2.05, 4.69) is 15.5 Å². The summed E-state index contributed by atoms with van der Waals surface area (Å²) >= 11 is 7.21. The molecule has 140 valence electrons. The number of benzene rings is 1. The van der Waals surface area contributed by atoms with Crippen LogP contribution in [0.25, 0.3) is 0 Å². The molecule has 0 radical (unpaired) electrons. The molecule has 0 saturated heterocycles. The smallest absolute Gasteiger partial charge is 0.276 e. The molecule has 1 aromatic heterocycles. The first-order valence-electron chi connectivity index (χ1n) is 8.82. The van der Waals surface area contributed by atoms with E-state index in [4.69, 9.17) is 20.8 Å². The van der Waals surface area contributed by atoms with Gasteiger partial charge in [-0.15, -0.1) is 10.2 Å². The highest BCUT2D eigenvalue weighted by Gasteiger charge is 2.16. The van der Waals surface area contributed by atoms with Crippen molar-refractivity contribution in [2.45, 2.75) is 56.4 Å². The topological polar surface area (TPSA) is 77.2 Å². The van der Waals surface area contributed by atoms with Crippen molar-refractivity contribution in [2.75, 3.05) is 5.75 Å². The van der Waals surface area contributed by atoms with E-state index in [1.165, 1.54) is 31.0 Å². The molecule has 1 aliphatic carbocycles. The summed E-state index contributed by atoms with van der Waals surface area (Å²) in [6, 6.07) is 7.41. The highest BCUT2D eigenvalue weighted by molar-refractivity contribution is 7.99. The molecule has 0 bridgehead atoms. The molecule has 3 rings (SSSR count). The van der Waals surface area contributed by atoms with E-state index in [-0.39, 0.29) is 12.5 Å². The Labute approximate surface area is 162 Å². The molecule has 1 saturated carbocycles. The standard InChI is InChI=1S/C18H22ClN3O3S/c19-13-6-8-15(9-7-13)24-12-17-21-22-18(25-17)26-11-10-16(23)20-14-4-2-1-3-5-14/h6-9,14H,1-5,10-12H2,(H,20,23). The lowest BCUT2D eigenvalue weighted by Gasteiger charge is -2.22. The van der Waals surface area contributed by atoms with Crippen LogP contribution in [0.15, 0.2) is 33.9 Å². The average Bonchev–Trinajstić information content (AvgIpc) is 3.10. The molecule has 1 amide bonds. The number of nitrogens with one attached hydrogen (secondary N) is 1. The monoisotopic (exact) mass is 395 g/mol. The van der Waals surface area contributed by atoms with Crippen molar-refractivity contribution < 1.29 is 13.9 Å². The van der Waals surface area contributed by atoms with E-state index in [0.717, 1.165) is 12.8 Å². The molecular formula is C18H22ClN3O3S. The predicted molar refractivity (Wildman–Crippen MR) is 100 cm³/mol. The molecule has 1 aliphatic rings. The van der Waals surface area contributed by atoms with Crippen molar-refractivity contribution in [3.63, 3.8) is 0 Å². The molecule has 1 aromatic carbocycles. The van der Waals surface area contributed by atoms with Crippen LogP contribution in [0.4, 0.5) is 0 Å². The van der Waals surface area contributed by atoms with E-state index >= 15 is 0 Å². The number of amides is 1. The second-order valence-corrected chi connectivity index (χ2v) is 7.69. The lowest BCUT2D eigenvalue weighted by Crippen LogP contribution is -2.36. The van der Waals surface area contributed by atoms with Crippen molar-refractivity contribution in [1.29, 1.82) is 0 Å². The predicted octanol–water partition coefficient (Wildman–Crippen LogP) is 4.23. The number of carbonyl (C=O) groups is 1. The summed E-state index contributed by atoms with van der Waals surface area (Å²) in [7, 11) is 0. The van der Waals surface area contributed by atoms with Gasteiger partial charge in [0, 0.05) is 23.2 Å². The molecule has 26 heavy (non-hydrogen) atoms. The van der Waals surface area contributed by atoms with Gasteiger partial charge in [0.2, 0.25) is 5.91 Å². The van der Waals surface area contributed by atoms with E-state index in [9.17, 15) is 4.79 Å². The zero-order valence-corrected chi connectivity index (χ0v) is 16.0. The number of thioether (sulfide) groups is 1. The maximum Gasteiger partial charge on any atom is 0.276 e. The summed E-state index contributed by atoms with van der Waals surface area (Å²) in [5, 5.41) is 12.1. The molecule has 6 nitrogen and oxygen atoms in total. The maximum absolute atomic E-state index is 12.0. The summed E-state index contributed by atoms with van der Waals surface area (Å²) in [4.78, 5) is 12.0. The maximum atomic E-state index is 12.0. The zero-order valence-electron chi connectivity index (χ0n) is 14.4. The lowest BCUT2D eigenvalue weighted by molar-refractivity contribution is -0.121. The Balaban J connectivity index is 1.35. The van der Waals surface area contributed by atoms with Crippen molar-refractivity contribution in [3.8, 4) is 5.75 Å². The molecular weight excluding hydrogens is 374 g/mol. The molecule has 2 aromatic rings. The third kappa shape index (κ3) is 6.21. The zero-order chi connectivity index (χ0) is 18.2. The highest BCUT2D eigenvalue weighted by atomic mass is 35.5. The summed E-state index contributed by atoms with van der Waals surface area (Å²) in [6.45, 7) is 0.192. The van der Waals surface area contributed by atoms with Crippen molar-refractivity contribution in [1.82, 2.24) is 15.5 Å². The van der Waals surface area contributed by atoms with Crippen molar-refractivity contribution in [2.24, 2.45) is 0 Å². The van der Waals surface area contributed by atoms with Crippen LogP contribution in [0.5, 0.6) is 5.75 Å². The first kappa shape index (κ1) is 19.0. The van der Waals surface area contributed by atoms with Gasteiger partial charge >= 0.3 is 0 Å². The first-order valence-corrected chi connectivity index (χ1v) is 10.2. The fourth-order valence-corrected chi connectivity index (χ4v) is 3.65. The minimum absolute atomic E-state index is 0.0928. The van der Waals surface area contributed by atoms with Gasteiger partial charge in [-0.1, -0.05) is 42.6 Å². The summed E-state index contributed by atoms with van der Waals surface area (Å²) in [5.74, 6) is 1.78. The van der Waals surface area contributed by atoms with Crippen molar-refractivity contribution >= 4 is 29.3 Å². The van der Waals surface area contributed by atoms with Crippen LogP contribution in [0.2, 0.25) is 5.02 Å². The number of aromatic nitrogens is 2. The molecule has 0 atom stereocenters. The van der Waals surface area contributed by atoms with E-state index in [1.807, 2.05) is 0 Å². The molecule has 0 spiro atoms. The van der Waals surface area contributed by atoms with Gasteiger partial charge in [-0.3, -0.25) is 4.79 Å². The van der Waals surface area contributed by atoms with Gasteiger partial charge < -0.3 is 14.5 Å². The fourth-order valence-electron chi connectivity index (χ4n) is 2.81. The van der Waals surface area contributed by atoms with Crippen LogP contribution < -0.4 is 10.1 Å². The lowest BCUT2D eigenvalue weighted by atomic mass is 9.95. The normalized spacial score (nSPS) is 15.0. The Kier molecular flexibility index (Phi) is 7.20. The van der Waals surface area contributed by atoms with Gasteiger partial charge in [0.05, 0.1) is 0 Å². The van der Waals surface area contributed by atoms with Crippen LogP contribution in [0, 0.1) is 0 Å². The van der Waals surface area contributed by atoms with Gasteiger partial charge in [-0.2, -0.15) is 0 Å². The molecule has 1 heterocycles. The number of hydrogen-bond donors (Lipinski definition) is 1. The van der Waals surface area contributed by atoms with Gasteiger partial charge in [0.1, 0.15) is 5.75 Å². The van der Waals surface area contributed by atoms with Gasteiger partial charge in [0.15, 0.2) is 6.61 Å². The molecule has 8 heteroatoms. The van der Waals surface area contributed by atoms with E-state index in [1.54, 1.807) is 24.3 Å². The second kappa shape index (κ2) is 9.83. The van der Waals surface area contributed by atoms with E-state index < -0.39 is 0 Å². The fraction of sp³-hybridized carbons (Fsp3) is 0.500. The van der Waals surface area contributed by atoms with Crippen molar-refractivity contribution in [3.05, 3.63) is 35.2 Å². The first-order chi connectivity index (χ1) is 12.7. The summed E-state index contributed by atoms with van der Waals surface area (Å²) < 4.78 is 11.1. The van der Waals surface area contributed by atoms with Crippen LogP contribution in [0.1, 0.15) is 44.4 Å². The molecule has 0 aliphatic heterocycles. The Morgan fingerprint density at radius 3 is 2.77 bits per heavy atom. The Morgan fingerprint density at radius 2 is 2.00 bits per heavy atom. The summed E-state index contributed by atoms with van der Waals surface area (Å²) in [5.41, 5.74) is 0. The molecule has 1 fully saturated rings. The van der Waals surface area contributed by atoms with Crippen LogP contribution in [0.3, 0.4) is 0 Å². The molecule has 1 N–H and O–H groups in total. The van der Waals surface area contributed by atoms with Gasteiger partial charge in [-0.05, 0) is 37.1 Å². The molecule has 0 unspecified atom stereocenters. The largest absolute Gasteiger partial charge is 0.484 e. The van der Waals surface area contributed by atoms with Gasteiger partial charge in [0.25, 0.3) is 11.1 Å². The second-order valence-electron chi connectivity index (χ2n) is 6.21. The third-order valence-corrected chi connectivity index (χ3v) is 5.22. The number of carbonyl (C=O) groups excluding carboxylic acids is 1. The Hall–Kier alpha value is -1.73. The minimum Gasteiger partial charge on any atom is -0.484 e.